The first-order valence-corrected chi connectivity index (χ1v) is 27.5. The fraction of sp³-hybridized carbons (Fsp3) is 0.885. The van der Waals surface area contributed by atoms with E-state index in [-0.39, 0.29) is 43.4 Å². The van der Waals surface area contributed by atoms with Crippen LogP contribution in [-0.2, 0) is 57.0 Å². The van der Waals surface area contributed by atoms with Gasteiger partial charge in [0.1, 0.15) is 86.5 Å². The van der Waals surface area contributed by atoms with Crippen molar-refractivity contribution in [3.63, 3.8) is 0 Å². The highest BCUT2D eigenvalue weighted by atomic mass is 16.8. The summed E-state index contributed by atoms with van der Waals surface area (Å²) in [6.07, 6.45) is -24.5. The lowest BCUT2D eigenvalue weighted by Crippen LogP contribution is -2.66. The molecule has 0 aromatic carbocycles. The van der Waals surface area contributed by atoms with Gasteiger partial charge < -0.3 is 119 Å². The van der Waals surface area contributed by atoms with Crippen LogP contribution in [0.2, 0.25) is 0 Å². The van der Waals surface area contributed by atoms with Crippen molar-refractivity contribution in [2.45, 2.75) is 237 Å². The maximum Gasteiger partial charge on any atom is 0.330 e. The van der Waals surface area contributed by atoms with Crippen molar-refractivity contribution in [1.82, 2.24) is 0 Å². The Hall–Kier alpha value is -2.46. The van der Waals surface area contributed by atoms with E-state index in [4.69, 9.17) is 47.4 Å². The molecule has 0 aromatic rings. The minimum absolute atomic E-state index is 0.0213. The molecule has 14 N–H and O–H groups in total. The average Bonchev–Trinajstić information content (AvgIpc) is 3.52. The van der Waals surface area contributed by atoms with E-state index in [1.807, 2.05) is 0 Å². The minimum atomic E-state index is -2.03. The Labute approximate surface area is 451 Å². The molecular formula is C52H82O26. The zero-order valence-corrected chi connectivity index (χ0v) is 43.5. The quantitative estimate of drug-likeness (QED) is 0.0483. The van der Waals surface area contributed by atoms with E-state index < -0.39 is 191 Å². The molecule has 0 radical (unpaired) electrons. The third-order valence-electron chi connectivity index (χ3n) is 17.2. The first-order chi connectivity index (χ1) is 37.2. The zero-order valence-electron chi connectivity index (χ0n) is 43.5. The van der Waals surface area contributed by atoms with Gasteiger partial charge in [-0.1, -0.05) is 12.2 Å². The molecule has 4 saturated carbocycles. The van der Waals surface area contributed by atoms with E-state index in [2.05, 4.69) is 0 Å². The number of aliphatic hydroxyl groups excluding tert-OH is 14. The first kappa shape index (κ1) is 61.6. The van der Waals surface area contributed by atoms with E-state index >= 15 is 0 Å². The van der Waals surface area contributed by atoms with Gasteiger partial charge in [0.2, 0.25) is 0 Å². The van der Waals surface area contributed by atoms with Crippen molar-refractivity contribution in [2.24, 2.45) is 23.7 Å². The lowest BCUT2D eigenvalue weighted by atomic mass is 9.73. The van der Waals surface area contributed by atoms with Crippen LogP contribution in [0, 0.1) is 23.7 Å². The van der Waals surface area contributed by atoms with Crippen LogP contribution in [0.4, 0.5) is 0 Å². The van der Waals surface area contributed by atoms with Gasteiger partial charge in [-0.3, -0.25) is 0 Å². The van der Waals surface area contributed by atoms with Gasteiger partial charge >= 0.3 is 11.9 Å². The average molecular weight is 1120 g/mol. The summed E-state index contributed by atoms with van der Waals surface area (Å²) >= 11 is 0. The minimum Gasteiger partial charge on any atom is -0.460 e. The Morgan fingerprint density at radius 1 is 0.474 bits per heavy atom. The molecule has 0 amide bonds. The van der Waals surface area contributed by atoms with Gasteiger partial charge in [0.15, 0.2) is 18.9 Å². The molecule has 0 aromatic heterocycles. The molecule has 4 aliphatic heterocycles. The fourth-order valence-electron chi connectivity index (χ4n) is 12.4. The van der Waals surface area contributed by atoms with Crippen LogP contribution in [0.3, 0.4) is 0 Å². The van der Waals surface area contributed by atoms with Crippen molar-refractivity contribution in [3.05, 3.63) is 24.3 Å². The molecule has 26 heteroatoms. The summed E-state index contributed by atoms with van der Waals surface area (Å²) in [5.41, 5.74) is 0. The molecule has 0 spiro atoms. The smallest absolute Gasteiger partial charge is 0.330 e. The van der Waals surface area contributed by atoms with Crippen LogP contribution in [0.15, 0.2) is 24.3 Å². The molecule has 4 aliphatic carbocycles. The molecule has 4 heterocycles. The van der Waals surface area contributed by atoms with Gasteiger partial charge in [-0.25, -0.2) is 9.59 Å². The van der Waals surface area contributed by atoms with Crippen molar-refractivity contribution >= 4 is 11.9 Å². The number of hydrogen-bond donors (Lipinski definition) is 14. The second-order valence-electron chi connectivity index (χ2n) is 22.5. The summed E-state index contributed by atoms with van der Waals surface area (Å²) in [5.74, 6) is -2.99. The number of hydrogen-bond acceptors (Lipinski definition) is 26. The molecule has 446 valence electrons. The standard InChI is InChI=1S/C52H82O26/c1-69-33-15-23(3-11-29(33)57)5-13-39(60)70-20-36-41(62)44(65)47(68)51(76-36)78-49-45(66)42(63)37(21-71-38(59)12-4-22-2-10-28(56)30(58)14-22)77-52(49)74-34-18-27-31(72-48(34)24-6-8-25(54)9-7-24)16-26(55)17-32(27)73-50-46(67)43(64)40(61)35(19-53)75-50/h4-5,12-13,22-37,40-58,61-68H,2-3,6-11,14-21H2,1H3/t22?,23?,24?,25?,26?,27?,28?,29?,30?,31?,32?,33?,34?,35-,36-,37-,40-,41-,42-,43+,44+,45+,46-,47-,48?,49+,50-,51+,52-/m0/s1. The predicted molar refractivity (Wildman–Crippen MR) is 259 cm³/mol. The van der Waals surface area contributed by atoms with Crippen molar-refractivity contribution in [2.75, 3.05) is 26.9 Å². The van der Waals surface area contributed by atoms with Crippen molar-refractivity contribution in [1.29, 1.82) is 0 Å². The molecule has 78 heavy (non-hydrogen) atoms. The van der Waals surface area contributed by atoms with Crippen LogP contribution >= 0.6 is 0 Å². The number of rotatable bonds is 17. The van der Waals surface area contributed by atoms with E-state index in [1.165, 1.54) is 19.3 Å². The predicted octanol–water partition coefficient (Wildman–Crippen LogP) is -4.43. The van der Waals surface area contributed by atoms with Crippen LogP contribution in [0.25, 0.3) is 0 Å². The largest absolute Gasteiger partial charge is 0.460 e. The van der Waals surface area contributed by atoms with Crippen LogP contribution in [0.1, 0.15) is 83.5 Å². The number of aliphatic hydroxyl groups is 14. The van der Waals surface area contributed by atoms with Crippen molar-refractivity contribution < 1.29 is 128 Å². The second kappa shape index (κ2) is 27.7. The Morgan fingerprint density at radius 2 is 1.01 bits per heavy atom. The van der Waals surface area contributed by atoms with Crippen LogP contribution in [0.5, 0.6) is 0 Å². The monoisotopic (exact) mass is 1120 g/mol. The first-order valence-electron chi connectivity index (χ1n) is 27.5. The number of ether oxygens (including phenoxy) is 10. The Morgan fingerprint density at radius 3 is 1.62 bits per heavy atom. The summed E-state index contributed by atoms with van der Waals surface area (Å²) < 4.78 is 60.2. The van der Waals surface area contributed by atoms with Gasteiger partial charge in [-0.05, 0) is 94.8 Å². The molecule has 26 nitrogen and oxygen atoms in total. The molecule has 27 atom stereocenters. The third kappa shape index (κ3) is 14.8. The maximum absolute atomic E-state index is 13.1. The number of methoxy groups -OCH3 is 1. The Kier molecular flexibility index (Phi) is 21.9. The zero-order chi connectivity index (χ0) is 56.1. The highest BCUT2D eigenvalue weighted by molar-refractivity contribution is 5.82. The SMILES string of the molecule is COC1CC(C=CC(=O)OC[C@@H]2O[C@H](O[C@H]3[C@@H](OC4CC5C(CC(O)CC5O[C@H]5O[C@@H](CO)[C@H](O)[C@@H](O)[C@@H]5O)OC4C4CCC(O)CC4)O[C@@H](COC(=O)C=CC4CCC(O)C(O)C4)[C@H](O)[C@H]3O)[C@@H](O)[C@H](O)[C@H]2O)CCC1O. The van der Waals surface area contributed by atoms with Gasteiger partial charge in [-0.15, -0.1) is 0 Å². The van der Waals surface area contributed by atoms with Crippen LogP contribution < -0.4 is 0 Å². The lowest BCUT2D eigenvalue weighted by molar-refractivity contribution is -0.380. The van der Waals surface area contributed by atoms with E-state index in [0.29, 0.717) is 57.8 Å². The number of esters is 2. The number of carbonyl (C=O) groups is 2. The summed E-state index contributed by atoms with van der Waals surface area (Å²) in [7, 11) is 1.48. The van der Waals surface area contributed by atoms with E-state index in [0.717, 1.165) is 6.08 Å². The molecule has 12 unspecified atom stereocenters. The van der Waals surface area contributed by atoms with Crippen molar-refractivity contribution in [3.8, 4) is 0 Å². The molecular weight excluding hydrogens is 1040 g/mol. The highest BCUT2D eigenvalue weighted by Gasteiger charge is 2.56. The topological polar surface area (TPSA) is 410 Å². The lowest BCUT2D eigenvalue weighted by Gasteiger charge is -2.52. The van der Waals surface area contributed by atoms with Gasteiger partial charge in [0.25, 0.3) is 0 Å². The normalized spacial score (nSPS) is 48.6. The molecule has 4 saturated heterocycles. The third-order valence-corrected chi connectivity index (χ3v) is 17.2. The highest BCUT2D eigenvalue weighted by Crippen LogP contribution is 2.45. The van der Waals surface area contributed by atoms with Gasteiger partial charge in [0, 0.05) is 31.6 Å². The second-order valence-corrected chi connectivity index (χ2v) is 22.5. The summed E-state index contributed by atoms with van der Waals surface area (Å²) in [4.78, 5) is 26.0. The number of allylic oxidation sites excluding steroid dienone is 2. The summed E-state index contributed by atoms with van der Waals surface area (Å²) in [5, 5.41) is 151. The maximum atomic E-state index is 13.1. The summed E-state index contributed by atoms with van der Waals surface area (Å²) in [6, 6.07) is 0. The summed E-state index contributed by atoms with van der Waals surface area (Å²) in [6.45, 7) is -2.04. The number of carbonyl (C=O) groups excluding carboxylic acids is 2. The van der Waals surface area contributed by atoms with Crippen LogP contribution in [-0.4, -0.2) is 264 Å². The van der Waals surface area contributed by atoms with Gasteiger partial charge in [-0.2, -0.15) is 0 Å². The van der Waals surface area contributed by atoms with Gasteiger partial charge in [0.05, 0.1) is 67.6 Å². The molecule has 8 fully saturated rings. The molecule has 0 bridgehead atoms. The molecule has 8 rings (SSSR count). The van der Waals surface area contributed by atoms with E-state index in [9.17, 15) is 81.1 Å². The molecule has 8 aliphatic rings. The Bertz CT molecular complexity index is 1960. The fourth-order valence-corrected chi connectivity index (χ4v) is 12.4. The Balaban J connectivity index is 1.03. The van der Waals surface area contributed by atoms with E-state index in [1.54, 1.807) is 6.08 Å². The number of fused-ring (bicyclic) bond motifs is 1.